The molecule has 0 radical (unpaired) electrons. The SMILES string of the molecule is CN(C)CC1CCCN1S(=O)(=O)c1ccc(CCl)cc1F. The summed E-state index contributed by atoms with van der Waals surface area (Å²) in [6, 6.07) is 3.96. The van der Waals surface area contributed by atoms with Crippen LogP contribution >= 0.6 is 11.6 Å². The lowest BCUT2D eigenvalue weighted by Gasteiger charge is -2.26. The topological polar surface area (TPSA) is 40.6 Å². The van der Waals surface area contributed by atoms with Gasteiger partial charge in [-0.05, 0) is 44.6 Å². The maximum absolute atomic E-state index is 14.1. The first-order valence-corrected chi connectivity index (χ1v) is 8.84. The van der Waals surface area contributed by atoms with Crippen LogP contribution in [0.2, 0.25) is 0 Å². The number of alkyl halides is 1. The molecule has 0 spiro atoms. The summed E-state index contributed by atoms with van der Waals surface area (Å²) in [6.07, 6.45) is 1.61. The van der Waals surface area contributed by atoms with Gasteiger partial charge in [0.25, 0.3) is 0 Å². The quantitative estimate of drug-likeness (QED) is 0.776. The van der Waals surface area contributed by atoms with Gasteiger partial charge >= 0.3 is 0 Å². The van der Waals surface area contributed by atoms with Gasteiger partial charge in [0.05, 0.1) is 0 Å². The van der Waals surface area contributed by atoms with Crippen molar-refractivity contribution in [1.29, 1.82) is 0 Å². The second-order valence-corrected chi connectivity index (χ2v) is 7.70. The number of sulfonamides is 1. The Morgan fingerprint density at radius 1 is 1.43 bits per heavy atom. The van der Waals surface area contributed by atoms with Crippen molar-refractivity contribution < 1.29 is 12.8 Å². The Morgan fingerprint density at radius 3 is 2.71 bits per heavy atom. The Bertz CT molecular complexity index is 607. The summed E-state index contributed by atoms with van der Waals surface area (Å²) in [5, 5.41) is 0. The van der Waals surface area contributed by atoms with Crippen molar-refractivity contribution in [3.05, 3.63) is 29.6 Å². The minimum absolute atomic E-state index is 0.0999. The highest BCUT2D eigenvalue weighted by Crippen LogP contribution is 2.28. The van der Waals surface area contributed by atoms with E-state index in [4.69, 9.17) is 11.6 Å². The van der Waals surface area contributed by atoms with Crippen molar-refractivity contribution in [2.24, 2.45) is 0 Å². The number of likely N-dealkylation sites (N-methyl/N-ethyl adjacent to an activating group) is 1. The molecule has 1 atom stereocenters. The first kappa shape index (κ1) is 16.7. The smallest absolute Gasteiger partial charge is 0.246 e. The van der Waals surface area contributed by atoms with E-state index >= 15 is 0 Å². The number of hydrogen-bond donors (Lipinski definition) is 0. The second-order valence-electron chi connectivity index (χ2n) is 5.57. The van der Waals surface area contributed by atoms with Gasteiger partial charge in [-0.25, -0.2) is 12.8 Å². The molecule has 0 saturated carbocycles. The normalized spacial score (nSPS) is 20.3. The lowest BCUT2D eigenvalue weighted by molar-refractivity contribution is 0.290. The van der Waals surface area contributed by atoms with Crippen molar-refractivity contribution >= 4 is 21.6 Å². The van der Waals surface area contributed by atoms with E-state index in [1.165, 1.54) is 16.4 Å². The highest BCUT2D eigenvalue weighted by molar-refractivity contribution is 7.89. The van der Waals surface area contributed by atoms with Crippen LogP contribution in [-0.4, -0.2) is 50.8 Å². The van der Waals surface area contributed by atoms with E-state index in [2.05, 4.69) is 0 Å². The minimum Gasteiger partial charge on any atom is -0.308 e. The van der Waals surface area contributed by atoms with E-state index in [-0.39, 0.29) is 16.8 Å². The number of rotatable bonds is 5. The number of benzene rings is 1. The van der Waals surface area contributed by atoms with Gasteiger partial charge < -0.3 is 4.90 Å². The molecule has 1 aromatic rings. The van der Waals surface area contributed by atoms with Gasteiger partial charge in [-0.3, -0.25) is 0 Å². The number of halogens is 2. The standard InChI is InChI=1S/C14H20ClFN2O2S/c1-17(2)10-12-4-3-7-18(12)21(19,20)14-6-5-11(9-15)8-13(14)16/h5-6,8,12H,3-4,7,9-10H2,1-2H3. The monoisotopic (exact) mass is 334 g/mol. The molecule has 0 N–H and O–H groups in total. The van der Waals surface area contributed by atoms with Gasteiger partial charge in [-0.15, -0.1) is 11.6 Å². The molecule has 0 aromatic heterocycles. The molecular formula is C14H20ClFN2O2S. The Hall–Kier alpha value is -0.690. The van der Waals surface area contributed by atoms with Gasteiger partial charge in [-0.1, -0.05) is 6.07 Å². The zero-order valence-corrected chi connectivity index (χ0v) is 13.8. The summed E-state index contributed by atoms with van der Waals surface area (Å²) in [5.74, 6) is -0.576. The largest absolute Gasteiger partial charge is 0.308 e. The zero-order valence-electron chi connectivity index (χ0n) is 12.2. The van der Waals surface area contributed by atoms with Crippen LogP contribution in [0.1, 0.15) is 18.4 Å². The van der Waals surface area contributed by atoms with Crippen molar-refractivity contribution in [2.45, 2.75) is 29.7 Å². The molecule has 21 heavy (non-hydrogen) atoms. The lowest BCUT2D eigenvalue weighted by atomic mass is 10.2. The fourth-order valence-electron chi connectivity index (χ4n) is 2.69. The van der Waals surface area contributed by atoms with Crippen molar-refractivity contribution in [3.8, 4) is 0 Å². The molecule has 1 aliphatic rings. The van der Waals surface area contributed by atoms with Gasteiger partial charge in [0.1, 0.15) is 10.7 Å². The second kappa shape index (κ2) is 6.60. The van der Waals surface area contributed by atoms with Crippen LogP contribution in [0.15, 0.2) is 23.1 Å². The lowest BCUT2D eigenvalue weighted by Crippen LogP contribution is -2.41. The Kier molecular flexibility index (Phi) is 5.24. The highest BCUT2D eigenvalue weighted by Gasteiger charge is 2.36. The molecule has 2 rings (SSSR count). The predicted molar refractivity (Wildman–Crippen MR) is 81.4 cm³/mol. The van der Waals surface area contributed by atoms with E-state index in [0.29, 0.717) is 18.7 Å². The maximum Gasteiger partial charge on any atom is 0.246 e. The van der Waals surface area contributed by atoms with Gasteiger partial charge in [0.2, 0.25) is 10.0 Å². The summed E-state index contributed by atoms with van der Waals surface area (Å²) < 4.78 is 40.9. The molecule has 1 saturated heterocycles. The molecule has 118 valence electrons. The summed E-state index contributed by atoms with van der Waals surface area (Å²) in [6.45, 7) is 1.08. The molecular weight excluding hydrogens is 315 g/mol. The molecule has 4 nitrogen and oxygen atoms in total. The molecule has 0 bridgehead atoms. The minimum atomic E-state index is -3.80. The molecule has 7 heteroatoms. The van der Waals surface area contributed by atoms with Gasteiger partial charge in [-0.2, -0.15) is 4.31 Å². The third-order valence-corrected chi connectivity index (χ3v) is 5.93. The van der Waals surface area contributed by atoms with Crippen molar-refractivity contribution in [1.82, 2.24) is 9.21 Å². The fraction of sp³-hybridized carbons (Fsp3) is 0.571. The van der Waals surface area contributed by atoms with E-state index in [0.717, 1.165) is 12.8 Å². The molecule has 1 heterocycles. The summed E-state index contributed by atoms with van der Waals surface area (Å²) >= 11 is 5.64. The molecule has 0 amide bonds. The van der Waals surface area contributed by atoms with E-state index in [1.54, 1.807) is 6.07 Å². The number of hydrogen-bond acceptors (Lipinski definition) is 3. The van der Waals surface area contributed by atoms with Crippen LogP contribution < -0.4 is 0 Å². The third-order valence-electron chi connectivity index (χ3n) is 3.64. The van der Waals surface area contributed by atoms with Crippen LogP contribution in [0.25, 0.3) is 0 Å². The molecule has 1 aromatic carbocycles. The molecule has 0 aliphatic carbocycles. The summed E-state index contributed by atoms with van der Waals surface area (Å²) in [7, 11) is 0.00294. The Balaban J connectivity index is 2.33. The summed E-state index contributed by atoms with van der Waals surface area (Å²) in [5.41, 5.74) is 0.569. The first-order chi connectivity index (χ1) is 9.86. The van der Waals surface area contributed by atoms with E-state index < -0.39 is 15.8 Å². The first-order valence-electron chi connectivity index (χ1n) is 6.87. The van der Waals surface area contributed by atoms with Crippen molar-refractivity contribution in [3.63, 3.8) is 0 Å². The van der Waals surface area contributed by atoms with E-state index in [9.17, 15) is 12.8 Å². The van der Waals surface area contributed by atoms with Gasteiger partial charge in [0, 0.05) is 25.0 Å². The van der Waals surface area contributed by atoms with Crippen LogP contribution in [-0.2, 0) is 15.9 Å². The van der Waals surface area contributed by atoms with Crippen LogP contribution in [0.5, 0.6) is 0 Å². The van der Waals surface area contributed by atoms with Crippen LogP contribution in [0.4, 0.5) is 4.39 Å². The number of nitrogens with zero attached hydrogens (tertiary/aromatic N) is 2. The predicted octanol–water partition coefficient (Wildman–Crippen LogP) is 2.28. The maximum atomic E-state index is 14.1. The third kappa shape index (κ3) is 3.56. The average Bonchev–Trinajstić information content (AvgIpc) is 2.86. The van der Waals surface area contributed by atoms with E-state index in [1.807, 2.05) is 19.0 Å². The molecule has 1 unspecified atom stereocenters. The fourth-order valence-corrected chi connectivity index (χ4v) is 4.59. The Labute approximate surface area is 130 Å². The van der Waals surface area contributed by atoms with Crippen LogP contribution in [0, 0.1) is 5.82 Å². The zero-order chi connectivity index (χ0) is 15.6. The highest BCUT2D eigenvalue weighted by atomic mass is 35.5. The summed E-state index contributed by atoms with van der Waals surface area (Å²) in [4.78, 5) is 1.69. The molecule has 1 aliphatic heterocycles. The average molecular weight is 335 g/mol. The Morgan fingerprint density at radius 2 is 2.14 bits per heavy atom. The van der Waals surface area contributed by atoms with Crippen LogP contribution in [0.3, 0.4) is 0 Å². The molecule has 1 fully saturated rings. The van der Waals surface area contributed by atoms with Gasteiger partial charge in [0.15, 0.2) is 0 Å². The van der Waals surface area contributed by atoms with Crippen molar-refractivity contribution in [2.75, 3.05) is 27.2 Å².